The molecule has 1 atom stereocenters. The molecule has 33 heavy (non-hydrogen) atoms. The fraction of sp³-hybridized carbons (Fsp3) is 0.375. The summed E-state index contributed by atoms with van der Waals surface area (Å²) < 4.78 is 15.5. The fourth-order valence-electron chi connectivity index (χ4n) is 3.82. The van der Waals surface area contributed by atoms with Gasteiger partial charge in [0.05, 0.1) is 13.2 Å². The predicted molar refractivity (Wildman–Crippen MR) is 120 cm³/mol. The van der Waals surface area contributed by atoms with E-state index >= 15 is 0 Å². The minimum atomic E-state index is -1.55. The molecular weight excluding hydrogens is 428 g/mol. The zero-order valence-electron chi connectivity index (χ0n) is 18.6. The van der Waals surface area contributed by atoms with Crippen molar-refractivity contribution in [1.82, 2.24) is 10.6 Å². The van der Waals surface area contributed by atoms with Crippen LogP contribution in [0.1, 0.15) is 24.0 Å². The normalized spacial score (nSPS) is 14.0. The minimum absolute atomic E-state index is 0.0289. The van der Waals surface area contributed by atoms with Crippen LogP contribution < -0.4 is 10.6 Å². The Labute approximate surface area is 192 Å². The first-order chi connectivity index (χ1) is 15.9. The number of amides is 2. The van der Waals surface area contributed by atoms with Gasteiger partial charge in [0.15, 0.2) is 5.54 Å². The Morgan fingerprint density at radius 3 is 2.21 bits per heavy atom. The number of ether oxygens (including phenoxy) is 3. The van der Waals surface area contributed by atoms with Crippen molar-refractivity contribution >= 4 is 18.0 Å². The number of hydrogen-bond acceptors (Lipinski definition) is 6. The molecule has 0 heterocycles. The number of aliphatic carboxylic acids is 1. The fourth-order valence-corrected chi connectivity index (χ4v) is 3.82. The first kappa shape index (κ1) is 24.2. The number of fused-ring (bicyclic) bond motifs is 3. The van der Waals surface area contributed by atoms with Gasteiger partial charge < -0.3 is 30.0 Å². The molecule has 0 bridgehead atoms. The summed E-state index contributed by atoms with van der Waals surface area (Å²) >= 11 is 0. The highest BCUT2D eigenvalue weighted by Crippen LogP contribution is 2.44. The van der Waals surface area contributed by atoms with E-state index in [9.17, 15) is 19.5 Å². The van der Waals surface area contributed by atoms with Crippen molar-refractivity contribution < 1.29 is 33.7 Å². The summed E-state index contributed by atoms with van der Waals surface area (Å²) in [6.07, 6.45) is -0.580. The number of rotatable bonds is 11. The molecule has 0 saturated heterocycles. The van der Waals surface area contributed by atoms with Crippen molar-refractivity contribution in [2.75, 3.05) is 40.1 Å². The second-order valence-electron chi connectivity index (χ2n) is 7.92. The first-order valence-electron chi connectivity index (χ1n) is 10.6. The molecular formula is C24H28N2O7. The second kappa shape index (κ2) is 10.9. The van der Waals surface area contributed by atoms with Crippen LogP contribution in [-0.4, -0.2) is 68.7 Å². The van der Waals surface area contributed by atoms with Crippen molar-refractivity contribution in [3.05, 3.63) is 59.7 Å². The number of benzene rings is 2. The summed E-state index contributed by atoms with van der Waals surface area (Å²) in [6, 6.07) is 16.1. The molecule has 9 nitrogen and oxygen atoms in total. The molecule has 2 aromatic rings. The summed E-state index contributed by atoms with van der Waals surface area (Å²) in [5.74, 6) is -1.84. The Morgan fingerprint density at radius 1 is 1.03 bits per heavy atom. The highest BCUT2D eigenvalue weighted by atomic mass is 16.5. The van der Waals surface area contributed by atoms with Crippen molar-refractivity contribution in [1.29, 1.82) is 0 Å². The molecule has 2 amide bonds. The van der Waals surface area contributed by atoms with Gasteiger partial charge in [-0.25, -0.2) is 9.59 Å². The van der Waals surface area contributed by atoms with Gasteiger partial charge in [-0.15, -0.1) is 0 Å². The van der Waals surface area contributed by atoms with Crippen LogP contribution in [0.4, 0.5) is 4.79 Å². The Morgan fingerprint density at radius 2 is 1.64 bits per heavy atom. The maximum Gasteiger partial charge on any atom is 0.407 e. The molecule has 0 fully saturated rings. The average molecular weight is 456 g/mol. The van der Waals surface area contributed by atoms with Crippen LogP contribution in [0, 0.1) is 0 Å². The molecule has 0 radical (unpaired) electrons. The topological polar surface area (TPSA) is 123 Å². The highest BCUT2D eigenvalue weighted by Gasteiger charge is 2.35. The molecule has 2 aromatic carbocycles. The molecule has 3 N–H and O–H groups in total. The number of nitrogens with one attached hydrogen (secondary N) is 2. The van der Waals surface area contributed by atoms with Crippen molar-refractivity contribution in [2.24, 2.45) is 0 Å². The van der Waals surface area contributed by atoms with Crippen LogP contribution in [0.3, 0.4) is 0 Å². The Hall–Kier alpha value is -3.43. The lowest BCUT2D eigenvalue weighted by molar-refractivity contribution is -0.150. The molecule has 176 valence electrons. The summed E-state index contributed by atoms with van der Waals surface area (Å²) in [4.78, 5) is 35.3. The number of carbonyl (C=O) groups excluding carboxylic acids is 2. The number of alkyl carbamates (subject to hydrolysis) is 1. The lowest BCUT2D eigenvalue weighted by Gasteiger charge is -2.25. The minimum Gasteiger partial charge on any atom is -0.479 e. The summed E-state index contributed by atoms with van der Waals surface area (Å²) in [7, 11) is 1.35. The van der Waals surface area contributed by atoms with Crippen LogP contribution >= 0.6 is 0 Å². The van der Waals surface area contributed by atoms with E-state index in [2.05, 4.69) is 22.8 Å². The molecule has 3 rings (SSSR count). The second-order valence-corrected chi connectivity index (χ2v) is 7.92. The lowest BCUT2D eigenvalue weighted by atomic mass is 9.98. The monoisotopic (exact) mass is 456 g/mol. The van der Waals surface area contributed by atoms with E-state index < -0.39 is 23.5 Å². The van der Waals surface area contributed by atoms with Crippen LogP contribution in [0.5, 0.6) is 0 Å². The Balaban J connectivity index is 1.39. The van der Waals surface area contributed by atoms with Crippen molar-refractivity contribution in [2.45, 2.75) is 18.4 Å². The standard InChI is InChI=1S/C24H28N2O7/c1-24(15-31-2,22(28)29)26-21(27)14-32-12-11-25-23(30)33-13-20-18-9-5-3-7-16(18)17-8-4-6-10-19(17)20/h3-10,20H,11-15H2,1-2H3,(H,25,30)(H,26,27)(H,28,29). The molecule has 1 unspecified atom stereocenters. The van der Waals surface area contributed by atoms with E-state index in [0.717, 1.165) is 22.3 Å². The van der Waals surface area contributed by atoms with Crippen molar-refractivity contribution in [3.8, 4) is 11.1 Å². The predicted octanol–water partition coefficient (Wildman–Crippen LogP) is 2.15. The number of methoxy groups -OCH3 is 1. The molecule has 0 spiro atoms. The Kier molecular flexibility index (Phi) is 8.02. The lowest BCUT2D eigenvalue weighted by Crippen LogP contribution is -2.56. The van der Waals surface area contributed by atoms with Gasteiger partial charge in [0.25, 0.3) is 0 Å². The quantitative estimate of drug-likeness (QED) is 0.443. The molecule has 0 aromatic heterocycles. The van der Waals surface area contributed by atoms with Gasteiger partial charge in [-0.3, -0.25) is 4.79 Å². The zero-order chi connectivity index (χ0) is 23.8. The van der Waals surface area contributed by atoms with E-state index in [1.54, 1.807) is 0 Å². The average Bonchev–Trinajstić information content (AvgIpc) is 3.11. The number of carboxylic acid groups (broad SMARTS) is 1. The van der Waals surface area contributed by atoms with Gasteiger partial charge in [-0.1, -0.05) is 48.5 Å². The molecule has 1 aliphatic rings. The smallest absolute Gasteiger partial charge is 0.407 e. The molecule has 0 saturated carbocycles. The third-order valence-corrected chi connectivity index (χ3v) is 5.41. The van der Waals surface area contributed by atoms with E-state index in [1.807, 2.05) is 36.4 Å². The first-order valence-corrected chi connectivity index (χ1v) is 10.6. The number of hydrogen-bond donors (Lipinski definition) is 3. The third kappa shape index (κ3) is 5.88. The largest absolute Gasteiger partial charge is 0.479 e. The summed E-state index contributed by atoms with van der Waals surface area (Å²) in [6.45, 7) is 1.21. The molecule has 0 aliphatic heterocycles. The van der Waals surface area contributed by atoms with Crippen molar-refractivity contribution in [3.63, 3.8) is 0 Å². The van der Waals surface area contributed by atoms with Crippen LogP contribution in [0.2, 0.25) is 0 Å². The van der Waals surface area contributed by atoms with Gasteiger partial charge in [-0.2, -0.15) is 0 Å². The molecule has 9 heteroatoms. The zero-order valence-corrected chi connectivity index (χ0v) is 18.6. The number of carbonyl (C=O) groups is 3. The van der Waals surface area contributed by atoms with E-state index in [4.69, 9.17) is 14.2 Å². The van der Waals surface area contributed by atoms with E-state index in [-0.39, 0.29) is 38.9 Å². The van der Waals surface area contributed by atoms with Gasteiger partial charge in [0, 0.05) is 19.6 Å². The molecule has 1 aliphatic carbocycles. The Bertz CT molecular complexity index is 964. The van der Waals surface area contributed by atoms with E-state index in [0.29, 0.717) is 0 Å². The highest BCUT2D eigenvalue weighted by molar-refractivity contribution is 5.87. The SMILES string of the molecule is COCC(C)(NC(=O)COCCNC(=O)OCC1c2ccccc2-c2ccccc21)C(=O)O. The summed E-state index contributed by atoms with van der Waals surface area (Å²) in [5.41, 5.74) is 3.01. The van der Waals surface area contributed by atoms with Crippen LogP contribution in [-0.2, 0) is 23.8 Å². The maximum atomic E-state index is 12.1. The van der Waals surface area contributed by atoms with Gasteiger partial charge in [0.1, 0.15) is 13.2 Å². The van der Waals surface area contributed by atoms with E-state index in [1.165, 1.54) is 14.0 Å². The van der Waals surface area contributed by atoms with Gasteiger partial charge in [-0.05, 0) is 29.2 Å². The van der Waals surface area contributed by atoms with Gasteiger partial charge in [0.2, 0.25) is 5.91 Å². The number of carboxylic acids is 1. The van der Waals surface area contributed by atoms with Crippen LogP contribution in [0.15, 0.2) is 48.5 Å². The summed E-state index contributed by atoms with van der Waals surface area (Å²) in [5, 5.41) is 14.2. The van der Waals surface area contributed by atoms with Gasteiger partial charge >= 0.3 is 12.1 Å². The maximum absolute atomic E-state index is 12.1. The van der Waals surface area contributed by atoms with Crippen LogP contribution in [0.25, 0.3) is 11.1 Å². The third-order valence-electron chi connectivity index (χ3n) is 5.41.